The van der Waals surface area contributed by atoms with Crippen molar-refractivity contribution in [1.82, 2.24) is 4.98 Å². The van der Waals surface area contributed by atoms with Crippen LogP contribution in [0.25, 0.3) is 10.9 Å². The second-order valence-electron chi connectivity index (χ2n) is 6.02. The molecule has 3 aromatic rings. The fourth-order valence-electron chi connectivity index (χ4n) is 3.00. The van der Waals surface area contributed by atoms with Crippen LogP contribution in [0.5, 0.6) is 5.75 Å². The largest absolute Gasteiger partial charge is 0.494 e. The highest BCUT2D eigenvalue weighted by molar-refractivity contribution is 8.19. The number of amides is 1. The number of aromatic nitrogens is 1. The molecule has 1 amide bonds. The second-order valence-corrected chi connectivity index (χ2v) is 8.74. The smallest absolute Gasteiger partial charge is 0.272 e. The Morgan fingerprint density at radius 1 is 1.19 bits per heavy atom. The van der Waals surface area contributed by atoms with Crippen LogP contribution in [-0.2, 0) is 0 Å². The maximum Gasteiger partial charge on any atom is 0.272 e. The van der Waals surface area contributed by atoms with Gasteiger partial charge in [0.05, 0.1) is 11.2 Å². The Kier molecular flexibility index (Phi) is 5.13. The maximum absolute atomic E-state index is 12.6. The summed E-state index contributed by atoms with van der Waals surface area (Å²) in [6.45, 7) is 2.57. The number of fused-ring (bicyclic) bond motifs is 1. The number of ether oxygens (including phenoxy) is 1. The molecule has 0 atom stereocenters. The summed E-state index contributed by atoms with van der Waals surface area (Å²) >= 11 is 3.92. The van der Waals surface area contributed by atoms with Crippen LogP contribution in [0.1, 0.15) is 27.6 Å². The molecular weight excluding hydrogens is 364 g/mol. The summed E-state index contributed by atoms with van der Waals surface area (Å²) in [6.07, 6.45) is 0. The summed E-state index contributed by atoms with van der Waals surface area (Å²) in [5.41, 5.74) is 3.53. The number of hydrogen-bond donors (Lipinski definition) is 2. The standard InChI is InChI=1S/C20H20N2O2S2/c1-2-24-16-7-6-13-11-18(22-17(13)12-16)19(23)21-15-5-3-4-14(10-15)20-25-8-9-26-20/h3-7,10-12,20,22H,2,8-9H2,1H3,(H,21,23). The minimum atomic E-state index is -0.136. The summed E-state index contributed by atoms with van der Waals surface area (Å²) in [5, 5.41) is 3.99. The third kappa shape index (κ3) is 3.71. The molecule has 6 heteroatoms. The molecule has 0 bridgehead atoms. The number of anilines is 1. The zero-order valence-corrected chi connectivity index (χ0v) is 16.1. The summed E-state index contributed by atoms with van der Waals surface area (Å²) in [5.74, 6) is 3.03. The van der Waals surface area contributed by atoms with Crippen molar-refractivity contribution >= 4 is 46.0 Å². The molecule has 0 unspecified atom stereocenters. The summed E-state index contributed by atoms with van der Waals surface area (Å²) in [6, 6.07) is 15.8. The number of hydrogen-bond acceptors (Lipinski definition) is 4. The predicted molar refractivity (Wildman–Crippen MR) is 112 cm³/mol. The molecular formula is C20H20N2O2S2. The first-order chi connectivity index (χ1) is 12.7. The van der Waals surface area contributed by atoms with E-state index in [4.69, 9.17) is 4.74 Å². The van der Waals surface area contributed by atoms with Gasteiger partial charge in [-0.15, -0.1) is 23.5 Å². The van der Waals surface area contributed by atoms with Crippen LogP contribution in [0.3, 0.4) is 0 Å². The highest BCUT2D eigenvalue weighted by Gasteiger charge is 2.19. The van der Waals surface area contributed by atoms with Gasteiger partial charge in [0.1, 0.15) is 11.4 Å². The monoisotopic (exact) mass is 384 g/mol. The molecule has 2 N–H and O–H groups in total. The summed E-state index contributed by atoms with van der Waals surface area (Å²) in [7, 11) is 0. The number of carbonyl (C=O) groups excluding carboxylic acids is 1. The van der Waals surface area contributed by atoms with E-state index >= 15 is 0 Å². The first-order valence-electron chi connectivity index (χ1n) is 8.63. The van der Waals surface area contributed by atoms with Crippen LogP contribution >= 0.6 is 23.5 Å². The molecule has 1 saturated heterocycles. The van der Waals surface area contributed by atoms with Gasteiger partial charge in [-0.1, -0.05) is 12.1 Å². The van der Waals surface area contributed by atoms with Crippen LogP contribution in [0.2, 0.25) is 0 Å². The minimum absolute atomic E-state index is 0.136. The fraction of sp³-hybridized carbons (Fsp3) is 0.250. The van der Waals surface area contributed by atoms with E-state index in [0.717, 1.165) is 22.3 Å². The average molecular weight is 385 g/mol. The van der Waals surface area contributed by atoms with Crippen molar-refractivity contribution in [3.63, 3.8) is 0 Å². The van der Waals surface area contributed by atoms with Crippen molar-refractivity contribution in [3.05, 3.63) is 59.8 Å². The van der Waals surface area contributed by atoms with Gasteiger partial charge in [-0.05, 0) is 42.8 Å². The molecule has 0 aliphatic carbocycles. The molecule has 0 spiro atoms. The van der Waals surface area contributed by atoms with Crippen LogP contribution in [0, 0.1) is 0 Å². The van der Waals surface area contributed by atoms with Gasteiger partial charge in [0.2, 0.25) is 0 Å². The highest BCUT2D eigenvalue weighted by Crippen LogP contribution is 2.45. The fourth-order valence-corrected chi connectivity index (χ4v) is 5.84. The Bertz CT molecular complexity index is 932. The molecule has 4 nitrogen and oxygen atoms in total. The van der Waals surface area contributed by atoms with Gasteiger partial charge in [0, 0.05) is 34.2 Å². The Morgan fingerprint density at radius 3 is 2.85 bits per heavy atom. The van der Waals surface area contributed by atoms with Crippen molar-refractivity contribution in [2.45, 2.75) is 11.5 Å². The molecule has 26 heavy (non-hydrogen) atoms. The Balaban J connectivity index is 1.52. The van der Waals surface area contributed by atoms with Gasteiger partial charge in [0.25, 0.3) is 5.91 Å². The van der Waals surface area contributed by atoms with E-state index in [0.29, 0.717) is 16.9 Å². The van der Waals surface area contributed by atoms with E-state index in [9.17, 15) is 4.79 Å². The number of carbonyl (C=O) groups is 1. The number of rotatable bonds is 5. The molecule has 2 heterocycles. The number of nitrogens with one attached hydrogen (secondary N) is 2. The third-order valence-electron chi connectivity index (χ3n) is 4.19. The second kappa shape index (κ2) is 7.68. The number of benzene rings is 2. The first-order valence-corrected chi connectivity index (χ1v) is 10.7. The molecule has 4 rings (SSSR count). The van der Waals surface area contributed by atoms with Crippen molar-refractivity contribution in [2.75, 3.05) is 23.4 Å². The van der Waals surface area contributed by atoms with Crippen molar-refractivity contribution in [2.24, 2.45) is 0 Å². The topological polar surface area (TPSA) is 54.1 Å². The van der Waals surface area contributed by atoms with Gasteiger partial charge >= 0.3 is 0 Å². The molecule has 0 radical (unpaired) electrons. The molecule has 1 aliphatic heterocycles. The Labute approximate surface area is 161 Å². The predicted octanol–water partition coefficient (Wildman–Crippen LogP) is 5.30. The van der Waals surface area contributed by atoms with Crippen LogP contribution in [0.15, 0.2) is 48.5 Å². The van der Waals surface area contributed by atoms with E-state index in [2.05, 4.69) is 22.4 Å². The van der Waals surface area contributed by atoms with Gasteiger partial charge in [-0.25, -0.2) is 0 Å². The van der Waals surface area contributed by atoms with Gasteiger partial charge < -0.3 is 15.0 Å². The first kappa shape index (κ1) is 17.4. The lowest BCUT2D eigenvalue weighted by atomic mass is 10.2. The van der Waals surface area contributed by atoms with E-state index in [1.54, 1.807) is 0 Å². The Hall–Kier alpha value is -2.05. The lowest BCUT2D eigenvalue weighted by molar-refractivity contribution is 0.102. The van der Waals surface area contributed by atoms with E-state index in [1.165, 1.54) is 17.1 Å². The number of aromatic amines is 1. The number of H-pyrrole nitrogens is 1. The van der Waals surface area contributed by atoms with Gasteiger partial charge in [-0.3, -0.25) is 4.79 Å². The quantitative estimate of drug-likeness (QED) is 0.627. The molecule has 2 aromatic carbocycles. The lowest BCUT2D eigenvalue weighted by Gasteiger charge is -2.10. The molecule has 0 saturated carbocycles. The van der Waals surface area contributed by atoms with Crippen LogP contribution < -0.4 is 10.1 Å². The minimum Gasteiger partial charge on any atom is -0.494 e. The third-order valence-corrected chi connectivity index (χ3v) is 7.29. The molecule has 1 fully saturated rings. The molecule has 134 valence electrons. The maximum atomic E-state index is 12.6. The summed E-state index contributed by atoms with van der Waals surface area (Å²) in [4.78, 5) is 15.8. The van der Waals surface area contributed by atoms with Crippen molar-refractivity contribution in [3.8, 4) is 5.75 Å². The highest BCUT2D eigenvalue weighted by atomic mass is 32.2. The normalized spacial score (nSPS) is 14.7. The van der Waals surface area contributed by atoms with Gasteiger partial charge in [0.15, 0.2) is 0 Å². The zero-order valence-electron chi connectivity index (χ0n) is 14.5. The van der Waals surface area contributed by atoms with Crippen molar-refractivity contribution < 1.29 is 9.53 Å². The SMILES string of the molecule is CCOc1ccc2cc(C(=O)Nc3cccc(C4SCCS4)c3)[nH]c2c1. The number of thioether (sulfide) groups is 2. The zero-order chi connectivity index (χ0) is 17.9. The van der Waals surface area contributed by atoms with Gasteiger partial charge in [-0.2, -0.15) is 0 Å². The van der Waals surface area contributed by atoms with E-state index in [1.807, 2.05) is 66.8 Å². The average Bonchev–Trinajstić information content (AvgIpc) is 3.32. The Morgan fingerprint density at radius 2 is 2.04 bits per heavy atom. The van der Waals surface area contributed by atoms with E-state index < -0.39 is 0 Å². The van der Waals surface area contributed by atoms with E-state index in [-0.39, 0.29) is 5.91 Å². The lowest BCUT2D eigenvalue weighted by Crippen LogP contribution is -2.12. The molecule has 1 aliphatic rings. The van der Waals surface area contributed by atoms with Crippen LogP contribution in [0.4, 0.5) is 5.69 Å². The molecule has 1 aromatic heterocycles. The van der Waals surface area contributed by atoms with Crippen molar-refractivity contribution in [1.29, 1.82) is 0 Å². The van der Waals surface area contributed by atoms with Crippen LogP contribution in [-0.4, -0.2) is 29.0 Å². The summed E-state index contributed by atoms with van der Waals surface area (Å²) < 4.78 is 5.99.